The Bertz CT molecular complexity index is 497. The van der Waals surface area contributed by atoms with Crippen molar-refractivity contribution < 1.29 is 14.7 Å². The van der Waals surface area contributed by atoms with E-state index in [0.29, 0.717) is 15.6 Å². The van der Waals surface area contributed by atoms with E-state index in [9.17, 15) is 9.59 Å². The minimum absolute atomic E-state index is 0.262. The zero-order valence-electron chi connectivity index (χ0n) is 8.83. The summed E-state index contributed by atoms with van der Waals surface area (Å²) in [5, 5.41) is 11.9. The van der Waals surface area contributed by atoms with Gasteiger partial charge in [-0.1, -0.05) is 23.2 Å². The number of rotatable bonds is 3. The van der Waals surface area contributed by atoms with Gasteiger partial charge in [-0.05, 0) is 29.8 Å². The molecule has 1 amide bonds. The van der Waals surface area contributed by atoms with Crippen LogP contribution in [-0.4, -0.2) is 17.0 Å². The van der Waals surface area contributed by atoms with E-state index in [4.69, 9.17) is 28.3 Å². The summed E-state index contributed by atoms with van der Waals surface area (Å²) in [7, 11) is 0. The average Bonchev–Trinajstić information content (AvgIpc) is 2.21. The molecule has 0 saturated heterocycles. The summed E-state index contributed by atoms with van der Waals surface area (Å²) in [6, 6.07) is 4.64. The predicted molar refractivity (Wildman–Crippen MR) is 65.9 cm³/mol. The molecule has 0 unspecified atom stereocenters. The molecule has 1 aromatic carbocycles. The van der Waals surface area contributed by atoms with Gasteiger partial charge < -0.3 is 10.4 Å². The monoisotopic (exact) mass is 273 g/mol. The molecule has 0 aromatic heterocycles. The maximum absolute atomic E-state index is 10.9. The van der Waals surface area contributed by atoms with Gasteiger partial charge in [-0.15, -0.1) is 0 Å². The van der Waals surface area contributed by atoms with Crippen LogP contribution in [0.3, 0.4) is 0 Å². The number of carbonyl (C=O) groups is 2. The molecule has 17 heavy (non-hydrogen) atoms. The molecule has 1 aromatic rings. The lowest BCUT2D eigenvalue weighted by molar-refractivity contribution is -0.134. The Hall–Kier alpha value is -1.52. The zero-order chi connectivity index (χ0) is 13.0. The summed E-state index contributed by atoms with van der Waals surface area (Å²) in [6.07, 6.45) is 1.25. The molecule has 0 aliphatic heterocycles. The molecule has 90 valence electrons. The third-order valence-electron chi connectivity index (χ3n) is 1.80. The van der Waals surface area contributed by atoms with Gasteiger partial charge in [-0.25, -0.2) is 4.79 Å². The van der Waals surface area contributed by atoms with Crippen molar-refractivity contribution in [2.45, 2.75) is 6.92 Å². The van der Waals surface area contributed by atoms with Crippen molar-refractivity contribution in [3.8, 4) is 0 Å². The molecule has 4 nitrogen and oxygen atoms in total. The fourth-order valence-corrected chi connectivity index (χ4v) is 1.47. The number of amides is 1. The molecule has 0 bridgehead atoms. The van der Waals surface area contributed by atoms with Crippen LogP contribution in [0.5, 0.6) is 0 Å². The number of carbonyl (C=O) groups excluding carboxylic acids is 1. The van der Waals surface area contributed by atoms with Gasteiger partial charge in [0.25, 0.3) is 0 Å². The summed E-state index contributed by atoms with van der Waals surface area (Å²) < 4.78 is 0. The second kappa shape index (κ2) is 5.70. The molecule has 0 aliphatic carbocycles. The van der Waals surface area contributed by atoms with Crippen molar-refractivity contribution >= 4 is 41.2 Å². The molecule has 0 radical (unpaired) electrons. The lowest BCUT2D eigenvalue weighted by atomic mass is 10.2. The van der Waals surface area contributed by atoms with Crippen LogP contribution in [0.2, 0.25) is 10.0 Å². The van der Waals surface area contributed by atoms with Crippen molar-refractivity contribution in [2.75, 3.05) is 0 Å². The van der Waals surface area contributed by atoms with Crippen LogP contribution in [0.1, 0.15) is 12.5 Å². The van der Waals surface area contributed by atoms with E-state index < -0.39 is 11.9 Å². The molecule has 2 N–H and O–H groups in total. The molecule has 0 aliphatic rings. The van der Waals surface area contributed by atoms with E-state index in [2.05, 4.69) is 5.32 Å². The van der Waals surface area contributed by atoms with Gasteiger partial charge in [-0.3, -0.25) is 4.79 Å². The van der Waals surface area contributed by atoms with Crippen LogP contribution < -0.4 is 5.32 Å². The Balaban J connectivity index is 3.16. The zero-order valence-corrected chi connectivity index (χ0v) is 10.3. The Morgan fingerprint density at radius 3 is 2.53 bits per heavy atom. The highest BCUT2D eigenvalue weighted by Gasteiger charge is 2.10. The van der Waals surface area contributed by atoms with E-state index in [1.165, 1.54) is 19.1 Å². The van der Waals surface area contributed by atoms with Crippen LogP contribution >= 0.6 is 23.2 Å². The lowest BCUT2D eigenvalue weighted by Crippen LogP contribution is -2.24. The molecule has 0 spiro atoms. The van der Waals surface area contributed by atoms with Crippen molar-refractivity contribution in [3.63, 3.8) is 0 Å². The van der Waals surface area contributed by atoms with Crippen LogP contribution in [0.25, 0.3) is 6.08 Å². The van der Waals surface area contributed by atoms with Gasteiger partial charge in [-0.2, -0.15) is 0 Å². The van der Waals surface area contributed by atoms with Gasteiger partial charge in [0.05, 0.1) is 0 Å². The molecule has 1 rings (SSSR count). The molecule has 0 fully saturated rings. The second-order valence-corrected chi connectivity index (χ2v) is 4.05. The number of benzene rings is 1. The Morgan fingerprint density at radius 2 is 2.00 bits per heavy atom. The third kappa shape index (κ3) is 4.09. The van der Waals surface area contributed by atoms with Crippen molar-refractivity contribution in [3.05, 3.63) is 39.5 Å². The first kappa shape index (κ1) is 13.5. The second-order valence-electron chi connectivity index (χ2n) is 3.21. The minimum atomic E-state index is -1.25. The van der Waals surface area contributed by atoms with E-state index >= 15 is 0 Å². The van der Waals surface area contributed by atoms with Gasteiger partial charge in [0, 0.05) is 17.0 Å². The first-order valence-corrected chi connectivity index (χ1v) is 5.33. The van der Waals surface area contributed by atoms with Crippen molar-refractivity contribution in [2.24, 2.45) is 0 Å². The van der Waals surface area contributed by atoms with Gasteiger partial charge >= 0.3 is 5.97 Å². The topological polar surface area (TPSA) is 66.4 Å². The first-order valence-electron chi connectivity index (χ1n) is 4.58. The van der Waals surface area contributed by atoms with Gasteiger partial charge in [0.1, 0.15) is 5.70 Å². The van der Waals surface area contributed by atoms with E-state index in [0.717, 1.165) is 0 Å². The van der Waals surface area contributed by atoms with Crippen LogP contribution in [-0.2, 0) is 9.59 Å². The van der Waals surface area contributed by atoms with Crippen LogP contribution in [0.4, 0.5) is 0 Å². The summed E-state index contributed by atoms with van der Waals surface area (Å²) in [5.41, 5.74) is 0.159. The predicted octanol–water partition coefficient (Wildman–Crippen LogP) is 2.56. The largest absolute Gasteiger partial charge is 0.477 e. The highest BCUT2D eigenvalue weighted by atomic mass is 35.5. The summed E-state index contributed by atoms with van der Waals surface area (Å²) >= 11 is 11.6. The maximum Gasteiger partial charge on any atom is 0.352 e. The van der Waals surface area contributed by atoms with Crippen molar-refractivity contribution in [1.82, 2.24) is 5.32 Å². The van der Waals surface area contributed by atoms with Gasteiger partial charge in [0.2, 0.25) is 5.91 Å². The third-order valence-corrected chi connectivity index (χ3v) is 2.38. The molecule has 6 heteroatoms. The SMILES string of the molecule is CC(=O)N/C(=C/c1cc(Cl)ccc1Cl)C(=O)O. The number of aliphatic carboxylic acids is 1. The number of hydrogen-bond acceptors (Lipinski definition) is 2. The smallest absolute Gasteiger partial charge is 0.352 e. The highest BCUT2D eigenvalue weighted by Crippen LogP contribution is 2.22. The first-order chi connectivity index (χ1) is 7.90. The number of carboxylic acids is 1. The average molecular weight is 274 g/mol. The standard InChI is InChI=1S/C11H9Cl2NO3/c1-6(15)14-10(11(16)17)5-7-4-8(12)2-3-9(7)13/h2-5H,1H3,(H,14,15)(H,16,17)/b10-5+. The number of carboxylic acid groups (broad SMARTS) is 1. The fourth-order valence-electron chi connectivity index (χ4n) is 1.12. The Kier molecular flexibility index (Phi) is 4.54. The van der Waals surface area contributed by atoms with E-state index in [-0.39, 0.29) is 5.70 Å². The van der Waals surface area contributed by atoms with E-state index in [1.807, 2.05) is 0 Å². The summed E-state index contributed by atoms with van der Waals surface area (Å²) in [4.78, 5) is 21.7. The highest BCUT2D eigenvalue weighted by molar-refractivity contribution is 6.34. The Labute approximate surface area is 108 Å². The molecule has 0 atom stereocenters. The summed E-state index contributed by atoms with van der Waals surface area (Å²) in [5.74, 6) is -1.73. The summed E-state index contributed by atoms with van der Waals surface area (Å²) in [6.45, 7) is 1.22. The fraction of sp³-hybridized carbons (Fsp3) is 0.0909. The van der Waals surface area contributed by atoms with Crippen molar-refractivity contribution in [1.29, 1.82) is 0 Å². The van der Waals surface area contributed by atoms with Gasteiger partial charge in [0.15, 0.2) is 0 Å². The number of halogens is 2. The normalized spacial score (nSPS) is 11.1. The molecular formula is C11H9Cl2NO3. The van der Waals surface area contributed by atoms with E-state index in [1.54, 1.807) is 12.1 Å². The molecule has 0 saturated carbocycles. The molecule has 0 heterocycles. The van der Waals surface area contributed by atoms with Crippen LogP contribution in [0.15, 0.2) is 23.9 Å². The molecular weight excluding hydrogens is 265 g/mol. The quantitative estimate of drug-likeness (QED) is 0.832. The van der Waals surface area contributed by atoms with Crippen LogP contribution in [0, 0.1) is 0 Å². The number of hydrogen-bond donors (Lipinski definition) is 2. The maximum atomic E-state index is 10.9. The Morgan fingerprint density at radius 1 is 1.35 bits per heavy atom. The lowest BCUT2D eigenvalue weighted by Gasteiger charge is -2.04. The number of nitrogens with one attached hydrogen (secondary N) is 1. The minimum Gasteiger partial charge on any atom is -0.477 e.